The Morgan fingerprint density at radius 2 is 1.70 bits per heavy atom. The summed E-state index contributed by atoms with van der Waals surface area (Å²) >= 11 is 0. The first-order valence-corrected chi connectivity index (χ1v) is 8.66. The number of ether oxygens (including phenoxy) is 2. The van der Waals surface area contributed by atoms with E-state index >= 15 is 0 Å². The van der Waals surface area contributed by atoms with Crippen molar-refractivity contribution in [2.45, 2.75) is 20.0 Å². The molecule has 2 aromatic rings. The highest BCUT2D eigenvalue weighted by Crippen LogP contribution is 2.37. The van der Waals surface area contributed by atoms with Crippen molar-refractivity contribution in [1.82, 2.24) is 10.2 Å². The minimum Gasteiger partial charge on any atom is -0.502 e. The number of aliphatic imine (C=N–C) groups is 1. The second kappa shape index (κ2) is 9.66. The van der Waals surface area contributed by atoms with Crippen LogP contribution < -0.4 is 14.8 Å². The lowest BCUT2D eigenvalue weighted by atomic mass is 10.2. The summed E-state index contributed by atoms with van der Waals surface area (Å²) in [6.07, 6.45) is 0. The van der Waals surface area contributed by atoms with Gasteiger partial charge in [-0.1, -0.05) is 12.1 Å². The number of rotatable bonds is 7. The highest BCUT2D eigenvalue weighted by atomic mass is 19.1. The molecule has 0 aromatic heterocycles. The monoisotopic (exact) mass is 375 g/mol. The third-order valence-electron chi connectivity index (χ3n) is 3.98. The summed E-state index contributed by atoms with van der Waals surface area (Å²) in [5, 5.41) is 13.3. The lowest BCUT2D eigenvalue weighted by Crippen LogP contribution is -2.38. The van der Waals surface area contributed by atoms with Crippen molar-refractivity contribution in [1.29, 1.82) is 0 Å². The topological polar surface area (TPSA) is 66.3 Å². The summed E-state index contributed by atoms with van der Waals surface area (Å²) in [5.41, 5.74) is 1.82. The van der Waals surface area contributed by atoms with Gasteiger partial charge in [0.2, 0.25) is 5.75 Å². The molecule has 0 spiro atoms. The van der Waals surface area contributed by atoms with E-state index in [2.05, 4.69) is 10.3 Å². The van der Waals surface area contributed by atoms with E-state index in [0.717, 1.165) is 17.7 Å². The second-order valence-corrected chi connectivity index (χ2v) is 6.00. The van der Waals surface area contributed by atoms with Gasteiger partial charge in [-0.3, -0.25) is 0 Å². The molecular formula is C20H26FN3O3. The summed E-state index contributed by atoms with van der Waals surface area (Å²) in [5.74, 6) is 1.10. The summed E-state index contributed by atoms with van der Waals surface area (Å²) in [6.45, 7) is 3.68. The Bertz CT molecular complexity index is 754. The van der Waals surface area contributed by atoms with E-state index in [9.17, 15) is 9.50 Å². The minimum atomic E-state index is -0.253. The molecule has 0 bridgehead atoms. The van der Waals surface area contributed by atoms with Crippen LogP contribution in [0.2, 0.25) is 0 Å². The van der Waals surface area contributed by atoms with Gasteiger partial charge in [-0.2, -0.15) is 0 Å². The van der Waals surface area contributed by atoms with E-state index in [1.54, 1.807) is 24.3 Å². The van der Waals surface area contributed by atoms with E-state index in [4.69, 9.17) is 9.47 Å². The van der Waals surface area contributed by atoms with Crippen molar-refractivity contribution in [3.63, 3.8) is 0 Å². The Hall–Kier alpha value is -2.96. The quantitative estimate of drug-likeness (QED) is 0.575. The Morgan fingerprint density at radius 3 is 2.22 bits per heavy atom. The number of halogens is 1. The van der Waals surface area contributed by atoms with Crippen LogP contribution in [0, 0.1) is 5.82 Å². The van der Waals surface area contributed by atoms with Crippen molar-refractivity contribution >= 4 is 5.96 Å². The molecule has 0 radical (unpaired) electrons. The average Bonchev–Trinajstić information content (AvgIpc) is 2.67. The molecule has 0 aliphatic heterocycles. The standard InChI is InChI=1S/C20H26FN3O3/c1-5-22-20(24(2)13-14-6-8-16(21)9-7-14)23-12-15-10-17(26-3)19(25)18(11-15)27-4/h6-11,25H,5,12-13H2,1-4H3,(H,22,23). The van der Waals surface area contributed by atoms with Gasteiger partial charge in [-0.15, -0.1) is 0 Å². The third-order valence-corrected chi connectivity index (χ3v) is 3.98. The van der Waals surface area contributed by atoms with Crippen LogP contribution in [0.5, 0.6) is 17.2 Å². The maximum absolute atomic E-state index is 13.1. The van der Waals surface area contributed by atoms with Gasteiger partial charge in [0.25, 0.3) is 0 Å². The summed E-state index contributed by atoms with van der Waals surface area (Å²) < 4.78 is 23.4. The number of nitrogens with one attached hydrogen (secondary N) is 1. The van der Waals surface area contributed by atoms with Crippen molar-refractivity contribution < 1.29 is 19.0 Å². The first kappa shape index (κ1) is 20.4. The van der Waals surface area contributed by atoms with Gasteiger partial charge in [-0.25, -0.2) is 9.38 Å². The zero-order chi connectivity index (χ0) is 19.8. The second-order valence-electron chi connectivity index (χ2n) is 6.00. The van der Waals surface area contributed by atoms with Gasteiger partial charge < -0.3 is 24.8 Å². The van der Waals surface area contributed by atoms with Crippen molar-refractivity contribution in [3.8, 4) is 17.2 Å². The average molecular weight is 375 g/mol. The normalized spacial score (nSPS) is 11.2. The van der Waals surface area contributed by atoms with Crippen LogP contribution in [0.3, 0.4) is 0 Å². The zero-order valence-electron chi connectivity index (χ0n) is 16.1. The van der Waals surface area contributed by atoms with E-state index in [-0.39, 0.29) is 11.6 Å². The Balaban J connectivity index is 2.18. The molecule has 0 aliphatic carbocycles. The molecule has 0 aliphatic rings. The van der Waals surface area contributed by atoms with Gasteiger partial charge in [-0.05, 0) is 42.3 Å². The molecule has 2 aromatic carbocycles. The van der Waals surface area contributed by atoms with Crippen LogP contribution in [-0.4, -0.2) is 43.8 Å². The number of benzene rings is 2. The Kier molecular flexibility index (Phi) is 7.28. The highest BCUT2D eigenvalue weighted by molar-refractivity contribution is 5.79. The molecule has 0 unspecified atom stereocenters. The van der Waals surface area contributed by atoms with E-state index in [0.29, 0.717) is 30.5 Å². The number of phenolic OH excluding ortho intramolecular Hbond substituents is 1. The fourth-order valence-corrected chi connectivity index (χ4v) is 2.61. The number of methoxy groups -OCH3 is 2. The first-order valence-electron chi connectivity index (χ1n) is 8.66. The molecule has 0 saturated carbocycles. The molecule has 0 amide bonds. The van der Waals surface area contributed by atoms with Crippen molar-refractivity contribution in [2.75, 3.05) is 27.8 Å². The smallest absolute Gasteiger partial charge is 0.200 e. The maximum atomic E-state index is 13.1. The summed E-state index contributed by atoms with van der Waals surface area (Å²) in [6, 6.07) is 9.86. The molecule has 2 N–H and O–H groups in total. The predicted octanol–water partition coefficient (Wildman–Crippen LogP) is 3.15. The molecule has 6 nitrogen and oxygen atoms in total. The Labute approximate surface area is 159 Å². The molecule has 0 atom stereocenters. The van der Waals surface area contributed by atoms with E-state index < -0.39 is 0 Å². The van der Waals surface area contributed by atoms with E-state index in [1.165, 1.54) is 26.4 Å². The van der Waals surface area contributed by atoms with Gasteiger partial charge in [0, 0.05) is 20.1 Å². The zero-order valence-corrected chi connectivity index (χ0v) is 16.1. The number of hydrogen-bond donors (Lipinski definition) is 2. The Morgan fingerprint density at radius 1 is 1.11 bits per heavy atom. The molecule has 0 fully saturated rings. The molecule has 2 rings (SSSR count). The highest BCUT2D eigenvalue weighted by Gasteiger charge is 2.12. The molecule has 27 heavy (non-hydrogen) atoms. The largest absolute Gasteiger partial charge is 0.502 e. The van der Waals surface area contributed by atoms with Gasteiger partial charge in [0.15, 0.2) is 17.5 Å². The lowest BCUT2D eigenvalue weighted by Gasteiger charge is -2.22. The number of nitrogens with zero attached hydrogens (tertiary/aromatic N) is 2. The van der Waals surface area contributed by atoms with Crippen LogP contribution in [0.25, 0.3) is 0 Å². The lowest BCUT2D eigenvalue weighted by molar-refractivity contribution is 0.339. The molecular weight excluding hydrogens is 349 g/mol. The van der Waals surface area contributed by atoms with Crippen LogP contribution in [0.1, 0.15) is 18.1 Å². The van der Waals surface area contributed by atoms with Crippen molar-refractivity contribution in [2.24, 2.45) is 4.99 Å². The maximum Gasteiger partial charge on any atom is 0.200 e. The van der Waals surface area contributed by atoms with Gasteiger partial charge >= 0.3 is 0 Å². The number of phenols is 1. The predicted molar refractivity (Wildman–Crippen MR) is 104 cm³/mol. The fraction of sp³-hybridized carbons (Fsp3) is 0.350. The van der Waals surface area contributed by atoms with Crippen LogP contribution in [0.15, 0.2) is 41.4 Å². The molecule has 7 heteroatoms. The van der Waals surface area contributed by atoms with Crippen LogP contribution in [-0.2, 0) is 13.1 Å². The summed E-state index contributed by atoms with van der Waals surface area (Å²) in [4.78, 5) is 6.61. The van der Waals surface area contributed by atoms with Crippen LogP contribution >= 0.6 is 0 Å². The molecule has 0 heterocycles. The molecule has 146 valence electrons. The summed E-state index contributed by atoms with van der Waals surface area (Å²) in [7, 11) is 4.90. The number of hydrogen-bond acceptors (Lipinski definition) is 4. The fourth-order valence-electron chi connectivity index (χ4n) is 2.61. The number of guanidine groups is 1. The third kappa shape index (κ3) is 5.51. The number of aromatic hydroxyl groups is 1. The van der Waals surface area contributed by atoms with Crippen LogP contribution in [0.4, 0.5) is 4.39 Å². The minimum absolute atomic E-state index is 0.0342. The molecule has 0 saturated heterocycles. The van der Waals surface area contributed by atoms with Gasteiger partial charge in [0.05, 0.1) is 20.8 Å². The first-order chi connectivity index (χ1) is 13.0. The van der Waals surface area contributed by atoms with Gasteiger partial charge in [0.1, 0.15) is 5.82 Å². The SMILES string of the molecule is CCNC(=NCc1cc(OC)c(O)c(OC)c1)N(C)Cc1ccc(F)cc1. The van der Waals surface area contributed by atoms with Crippen molar-refractivity contribution in [3.05, 3.63) is 53.3 Å². The van der Waals surface area contributed by atoms with E-state index in [1.807, 2.05) is 18.9 Å².